The van der Waals surface area contributed by atoms with Crippen molar-refractivity contribution in [2.45, 2.75) is 0 Å². The zero-order chi connectivity index (χ0) is 58.2. The van der Waals surface area contributed by atoms with Crippen molar-refractivity contribution in [1.82, 2.24) is 0 Å². The minimum absolute atomic E-state index is 0.0382. The fourth-order valence-corrected chi connectivity index (χ4v) is 9.71. The molecule has 85 heavy (non-hydrogen) atoms. The zero-order valence-electron chi connectivity index (χ0n) is 44.9. The second-order valence-corrected chi connectivity index (χ2v) is 19.5. The van der Waals surface area contributed by atoms with E-state index in [1.807, 2.05) is 114 Å². The molecule has 0 aliphatic heterocycles. The number of anilines is 6. The summed E-state index contributed by atoms with van der Waals surface area (Å²) < 4.78 is 0. The third-order valence-electron chi connectivity index (χ3n) is 13.9. The molecule has 0 aromatic heterocycles. The van der Waals surface area contributed by atoms with Crippen molar-refractivity contribution in [3.8, 4) is 17.2 Å². The molecule has 0 radical (unpaired) electrons. The van der Waals surface area contributed by atoms with Gasteiger partial charge < -0.3 is 36.2 Å². The summed E-state index contributed by atoms with van der Waals surface area (Å²) in [5, 5.41) is 74.3. The summed E-state index contributed by atoms with van der Waals surface area (Å²) in [4.78, 5) is 42.5. The second-order valence-electron chi connectivity index (χ2n) is 19.5. The number of rotatable bonds is 15. The Morgan fingerprint density at radius 2 is 0.541 bits per heavy atom. The van der Waals surface area contributed by atoms with Crippen LogP contribution in [-0.4, -0.2) is 33.0 Å². The van der Waals surface area contributed by atoms with Gasteiger partial charge in [-0.1, -0.05) is 127 Å². The van der Waals surface area contributed by atoms with Crippen LogP contribution in [0.1, 0.15) is 31.1 Å². The highest BCUT2D eigenvalue weighted by molar-refractivity contribution is 6.14. The number of amides is 3. The van der Waals surface area contributed by atoms with E-state index in [-0.39, 0.29) is 51.0 Å². The number of phenolic OH excluding ortho intramolecular Hbond substituents is 3. The van der Waals surface area contributed by atoms with E-state index in [2.05, 4.69) is 46.6 Å². The van der Waals surface area contributed by atoms with Gasteiger partial charge in [0.1, 0.15) is 17.1 Å². The first-order valence-corrected chi connectivity index (χ1v) is 26.8. The van der Waals surface area contributed by atoms with Crippen LogP contribution < -0.4 is 20.9 Å². The molecular weight excluding hydrogens is 1060 g/mol. The molecule has 0 atom stereocenters. The lowest BCUT2D eigenvalue weighted by Crippen LogP contribution is -2.12. The third kappa shape index (κ3) is 11.6. The zero-order valence-corrected chi connectivity index (χ0v) is 44.9. The number of aromatic hydroxyl groups is 3. The van der Waals surface area contributed by atoms with Crippen molar-refractivity contribution < 1.29 is 29.7 Å². The Morgan fingerprint density at radius 1 is 0.294 bits per heavy atom. The van der Waals surface area contributed by atoms with Crippen LogP contribution in [0.15, 0.2) is 285 Å². The maximum Gasteiger partial charge on any atom is 0.259 e. The predicted molar refractivity (Wildman–Crippen MR) is 334 cm³/mol. The maximum atomic E-state index is 13.5. The van der Waals surface area contributed by atoms with Crippen molar-refractivity contribution in [2.24, 2.45) is 30.7 Å². The Labute approximate surface area is 486 Å². The summed E-state index contributed by atoms with van der Waals surface area (Å²) in [6.45, 7) is 0. The van der Waals surface area contributed by atoms with Gasteiger partial charge in [-0.2, -0.15) is 15.3 Å². The molecule has 0 unspecified atom stereocenters. The predicted octanol–water partition coefficient (Wildman–Crippen LogP) is 18.7. The van der Waals surface area contributed by atoms with Gasteiger partial charge in [-0.25, -0.2) is 0 Å². The van der Waals surface area contributed by atoms with Crippen LogP contribution in [0.2, 0.25) is 0 Å². The van der Waals surface area contributed by atoms with Gasteiger partial charge in [0.15, 0.2) is 17.2 Å². The van der Waals surface area contributed by atoms with Crippen LogP contribution in [0.3, 0.4) is 0 Å². The topological polar surface area (TPSA) is 225 Å². The smallest absolute Gasteiger partial charge is 0.259 e. The molecule has 0 aliphatic carbocycles. The Bertz CT molecular complexity index is 4120. The Kier molecular flexibility index (Phi) is 15.0. The fourth-order valence-electron chi connectivity index (χ4n) is 9.71. The number of hydrogen-bond acceptors (Lipinski definition) is 13. The summed E-state index contributed by atoms with van der Waals surface area (Å²) >= 11 is 0. The minimum Gasteiger partial charge on any atom is -0.505 e. The monoisotopic (exact) mass is 1110 g/mol. The highest BCUT2D eigenvalue weighted by atomic mass is 16.3. The minimum atomic E-state index is -0.505. The van der Waals surface area contributed by atoms with Gasteiger partial charge in [0, 0.05) is 50.3 Å². The number of carbonyl (C=O) groups is 3. The molecule has 0 aliphatic rings. The van der Waals surface area contributed by atoms with Crippen LogP contribution in [0.5, 0.6) is 17.2 Å². The molecular formula is C69H48N10O6. The lowest BCUT2D eigenvalue weighted by atomic mass is 10.0. The SMILES string of the molecule is O=C(Nc1ccccc1)c1cc2ccccc2c(N=Nc2ccc(N(c3ccc(N=Nc4c(O)c(C(=O)Nc5ccccc5)cc5ccccc45)cc3)c3ccc(N=Nc4c(O)c(C(=O)Nc5ccccc5)cc5ccccc45)cc3)cc2)c1O. The van der Waals surface area contributed by atoms with E-state index < -0.39 is 17.7 Å². The van der Waals surface area contributed by atoms with Crippen LogP contribution in [0.25, 0.3) is 32.3 Å². The van der Waals surface area contributed by atoms with E-state index in [4.69, 9.17) is 0 Å². The first-order chi connectivity index (χ1) is 41.6. The molecule has 16 heteroatoms. The van der Waals surface area contributed by atoms with E-state index in [1.54, 1.807) is 146 Å². The molecule has 0 saturated carbocycles. The fraction of sp³-hybridized carbons (Fsp3) is 0. The van der Waals surface area contributed by atoms with E-state index in [0.717, 1.165) is 0 Å². The molecule has 0 spiro atoms. The lowest BCUT2D eigenvalue weighted by molar-refractivity contribution is 0.101. The van der Waals surface area contributed by atoms with Gasteiger partial charge in [0.05, 0.1) is 33.8 Å². The van der Waals surface area contributed by atoms with Crippen molar-refractivity contribution in [1.29, 1.82) is 0 Å². The molecule has 0 heterocycles. The molecule has 0 saturated heterocycles. The molecule has 12 aromatic rings. The van der Waals surface area contributed by atoms with Gasteiger partial charge in [-0.15, -0.1) is 15.3 Å². The molecule has 0 fully saturated rings. The van der Waals surface area contributed by atoms with Crippen molar-refractivity contribution in [3.63, 3.8) is 0 Å². The van der Waals surface area contributed by atoms with E-state index in [0.29, 0.717) is 83.5 Å². The Balaban J connectivity index is 0.868. The van der Waals surface area contributed by atoms with E-state index >= 15 is 0 Å². The number of benzene rings is 12. The molecule has 410 valence electrons. The van der Waals surface area contributed by atoms with Gasteiger partial charge in [0.2, 0.25) is 0 Å². The quantitative estimate of drug-likeness (QED) is 0.0544. The average Bonchev–Trinajstić information content (AvgIpc) is 3.50. The van der Waals surface area contributed by atoms with Crippen LogP contribution in [0, 0.1) is 0 Å². The number of azo groups is 3. The molecule has 12 rings (SSSR count). The first-order valence-electron chi connectivity index (χ1n) is 26.8. The highest BCUT2D eigenvalue weighted by Gasteiger charge is 2.22. The van der Waals surface area contributed by atoms with Gasteiger partial charge in [-0.05, 0) is 144 Å². The molecule has 0 bridgehead atoms. The van der Waals surface area contributed by atoms with Crippen molar-refractivity contribution in [3.05, 3.63) is 271 Å². The molecule has 12 aromatic carbocycles. The first kappa shape index (κ1) is 53.5. The van der Waals surface area contributed by atoms with Gasteiger partial charge in [-0.3, -0.25) is 14.4 Å². The van der Waals surface area contributed by atoms with Gasteiger partial charge in [0.25, 0.3) is 17.7 Å². The normalized spacial score (nSPS) is 11.4. The standard InChI is InChI=1S/C69H48N10O6/c80-64-58(67(83)70-46-19-4-1-5-20-46)40-43-16-10-13-25-55(43)61(64)76-73-49-28-34-52(35-29-49)79(53-36-30-50(31-37-53)74-77-62-56-26-14-11-17-44(56)41-59(65(62)81)68(84)71-47-21-6-2-7-22-47)54-38-32-51(33-39-54)75-78-63-57-27-15-12-18-45(57)42-60(66(63)82)69(85)72-48-23-8-3-9-24-48/h1-42,80-82H,(H,70,83)(H,71,84)(H,72,85). The van der Waals surface area contributed by atoms with Crippen LogP contribution in [-0.2, 0) is 0 Å². The number of carbonyl (C=O) groups excluding carboxylic acids is 3. The van der Waals surface area contributed by atoms with Crippen LogP contribution >= 0.6 is 0 Å². The summed E-state index contributed by atoms with van der Waals surface area (Å²) in [5.74, 6) is -2.48. The number of hydrogen-bond donors (Lipinski definition) is 6. The van der Waals surface area contributed by atoms with Crippen LogP contribution in [0.4, 0.5) is 68.2 Å². The number of phenols is 3. The summed E-state index contributed by atoms with van der Waals surface area (Å²) in [6.07, 6.45) is 0. The number of nitrogens with zero attached hydrogens (tertiary/aromatic N) is 7. The largest absolute Gasteiger partial charge is 0.505 e. The number of nitrogens with one attached hydrogen (secondary N) is 3. The van der Waals surface area contributed by atoms with Crippen molar-refractivity contribution in [2.75, 3.05) is 20.9 Å². The number of fused-ring (bicyclic) bond motifs is 3. The second kappa shape index (κ2) is 23.9. The van der Waals surface area contributed by atoms with Crippen molar-refractivity contribution >= 4 is 118 Å². The van der Waals surface area contributed by atoms with E-state index in [1.165, 1.54) is 0 Å². The Morgan fingerprint density at radius 3 is 0.812 bits per heavy atom. The molecule has 3 amide bonds. The lowest BCUT2D eigenvalue weighted by Gasteiger charge is -2.25. The number of para-hydroxylation sites is 3. The third-order valence-corrected chi connectivity index (χ3v) is 13.9. The summed E-state index contributed by atoms with van der Waals surface area (Å²) in [7, 11) is 0. The highest BCUT2D eigenvalue weighted by Crippen LogP contribution is 2.44. The summed E-state index contributed by atoms with van der Waals surface area (Å²) in [5.41, 5.74) is 5.69. The van der Waals surface area contributed by atoms with Gasteiger partial charge >= 0.3 is 0 Å². The van der Waals surface area contributed by atoms with E-state index in [9.17, 15) is 29.7 Å². The maximum absolute atomic E-state index is 13.5. The average molecular weight is 1110 g/mol. The molecule has 6 N–H and O–H groups in total. The molecule has 16 nitrogen and oxygen atoms in total. The Hall–Kier alpha value is -12.2. The summed E-state index contributed by atoms with van der Waals surface area (Å²) in [6, 6.07) is 75.5.